The van der Waals surface area contributed by atoms with Crippen LogP contribution in [-0.2, 0) is 13.6 Å². The van der Waals surface area contributed by atoms with Crippen LogP contribution in [0.2, 0.25) is 0 Å². The van der Waals surface area contributed by atoms with Crippen molar-refractivity contribution in [1.82, 2.24) is 0 Å². The maximum absolute atomic E-state index is 12.8. The summed E-state index contributed by atoms with van der Waals surface area (Å²) in [5.41, 5.74) is 0.177. The van der Waals surface area contributed by atoms with Gasteiger partial charge in [-0.3, -0.25) is 9.36 Å². The second-order valence-electron chi connectivity index (χ2n) is 3.16. The minimum Gasteiger partial charge on any atom is -0.312 e. The molecule has 0 saturated carbocycles. The highest BCUT2D eigenvalue weighted by molar-refractivity contribution is 7.52. The van der Waals surface area contributed by atoms with Crippen LogP contribution < -0.4 is 0 Å². The summed E-state index contributed by atoms with van der Waals surface area (Å²) >= 11 is 0. The number of halogens is 1. The minimum atomic E-state index is -3.17. The number of hydrogen-bond donors (Lipinski definition) is 0. The Morgan fingerprint density at radius 1 is 1.50 bits per heavy atom. The normalized spacial score (nSPS) is 14.4. The van der Waals surface area contributed by atoms with Crippen molar-refractivity contribution in [1.29, 1.82) is 0 Å². The highest BCUT2D eigenvalue weighted by Crippen LogP contribution is 2.42. The number of benzene rings is 1. The van der Waals surface area contributed by atoms with Crippen molar-refractivity contribution in [3.8, 4) is 0 Å². The van der Waals surface area contributed by atoms with Gasteiger partial charge in [-0.2, -0.15) is 0 Å². The molecule has 0 aliphatic carbocycles. The van der Waals surface area contributed by atoms with E-state index in [-0.39, 0.29) is 5.56 Å². The number of rotatable bonds is 5. The van der Waals surface area contributed by atoms with E-state index in [4.69, 9.17) is 4.52 Å². The molecule has 1 rings (SSSR count). The van der Waals surface area contributed by atoms with Crippen LogP contribution in [0.1, 0.15) is 10.4 Å². The number of hydrogen-bond acceptors (Lipinski definition) is 4. The van der Waals surface area contributed by atoms with Crippen molar-refractivity contribution in [3.63, 3.8) is 0 Å². The number of carbonyl (C=O) groups excluding carboxylic acids is 1. The first-order chi connectivity index (χ1) is 7.44. The molecule has 0 N–H and O–H groups in total. The van der Waals surface area contributed by atoms with Gasteiger partial charge >= 0.3 is 7.60 Å². The molecule has 0 aliphatic rings. The lowest BCUT2D eigenvalue weighted by atomic mass is 10.1. The molecule has 1 unspecified atom stereocenters. The molecule has 0 amide bonds. The summed E-state index contributed by atoms with van der Waals surface area (Å²) in [5.74, 6) is -0.948. The van der Waals surface area contributed by atoms with Gasteiger partial charge in [0.1, 0.15) is 12.4 Å². The Labute approximate surface area is 92.9 Å². The Bertz CT molecular complexity index is 433. The van der Waals surface area contributed by atoms with E-state index in [9.17, 15) is 13.8 Å². The zero-order chi connectivity index (χ0) is 12.2. The highest BCUT2D eigenvalue weighted by atomic mass is 31.2. The summed E-state index contributed by atoms with van der Waals surface area (Å²) in [5, 5.41) is 0. The van der Waals surface area contributed by atoms with Crippen molar-refractivity contribution in [3.05, 3.63) is 35.6 Å². The molecule has 0 aromatic heterocycles. The standard InChI is InChI=1S/C10H12FO4P/c1-14-16(2,13)15-7-10(12)8-4-3-5-9(11)6-8/h3-6H,7H2,1-2H3. The first kappa shape index (κ1) is 13.0. The third-order valence-electron chi connectivity index (χ3n) is 1.91. The molecule has 0 heterocycles. The van der Waals surface area contributed by atoms with Crippen LogP contribution in [0.25, 0.3) is 0 Å². The molecule has 16 heavy (non-hydrogen) atoms. The predicted molar refractivity (Wildman–Crippen MR) is 57.2 cm³/mol. The topological polar surface area (TPSA) is 52.6 Å². The van der Waals surface area contributed by atoms with Crippen LogP contribution >= 0.6 is 7.60 Å². The van der Waals surface area contributed by atoms with Crippen molar-refractivity contribution in [2.45, 2.75) is 0 Å². The minimum absolute atomic E-state index is 0.177. The van der Waals surface area contributed by atoms with E-state index in [2.05, 4.69) is 4.52 Å². The fourth-order valence-electron chi connectivity index (χ4n) is 0.974. The zero-order valence-corrected chi connectivity index (χ0v) is 9.87. The van der Waals surface area contributed by atoms with Crippen LogP contribution in [0.4, 0.5) is 4.39 Å². The molecule has 1 aromatic carbocycles. The molecule has 1 aromatic rings. The fourth-order valence-corrected chi connectivity index (χ4v) is 1.43. The van der Waals surface area contributed by atoms with Crippen LogP contribution in [0.15, 0.2) is 24.3 Å². The Balaban J connectivity index is 2.63. The third-order valence-corrected chi connectivity index (χ3v) is 3.17. The molecular weight excluding hydrogens is 234 g/mol. The molecule has 0 radical (unpaired) electrons. The summed E-state index contributed by atoms with van der Waals surface area (Å²) in [6.45, 7) is 0.858. The van der Waals surface area contributed by atoms with Crippen molar-refractivity contribution >= 4 is 13.4 Å². The molecule has 0 saturated heterocycles. The van der Waals surface area contributed by atoms with Crippen molar-refractivity contribution in [2.24, 2.45) is 0 Å². The third kappa shape index (κ3) is 3.85. The summed E-state index contributed by atoms with van der Waals surface area (Å²) in [6.07, 6.45) is 0. The van der Waals surface area contributed by atoms with E-state index >= 15 is 0 Å². The first-order valence-electron chi connectivity index (χ1n) is 4.51. The summed E-state index contributed by atoms with van der Waals surface area (Å²) < 4.78 is 33.5. The Kier molecular flexibility index (Phi) is 4.35. The Morgan fingerprint density at radius 2 is 2.19 bits per heavy atom. The number of ketones is 1. The second-order valence-corrected chi connectivity index (χ2v) is 5.33. The molecule has 0 spiro atoms. The van der Waals surface area contributed by atoms with Crippen LogP contribution in [-0.4, -0.2) is 26.2 Å². The average molecular weight is 246 g/mol. The van der Waals surface area contributed by atoms with E-state index in [1.165, 1.54) is 32.0 Å². The van der Waals surface area contributed by atoms with Gasteiger partial charge in [0.05, 0.1) is 0 Å². The predicted octanol–water partition coefficient (Wildman–Crippen LogP) is 2.49. The zero-order valence-electron chi connectivity index (χ0n) is 8.97. The van der Waals surface area contributed by atoms with Gasteiger partial charge in [0.25, 0.3) is 0 Å². The lowest BCUT2D eigenvalue weighted by Crippen LogP contribution is -2.08. The number of Topliss-reactive ketones (excluding diaryl/α,β-unsaturated/α-hetero) is 1. The fraction of sp³-hybridized carbons (Fsp3) is 0.300. The molecule has 4 nitrogen and oxygen atoms in total. The molecule has 0 aliphatic heterocycles. The van der Waals surface area contributed by atoms with E-state index < -0.39 is 25.8 Å². The second kappa shape index (κ2) is 5.34. The smallest absolute Gasteiger partial charge is 0.312 e. The summed E-state index contributed by atoms with van der Waals surface area (Å²) in [6, 6.07) is 5.21. The molecule has 0 bridgehead atoms. The maximum Gasteiger partial charge on any atom is 0.327 e. The Morgan fingerprint density at radius 3 is 2.75 bits per heavy atom. The van der Waals surface area contributed by atoms with Gasteiger partial charge in [-0.05, 0) is 12.1 Å². The molecular formula is C10H12FO4P. The van der Waals surface area contributed by atoms with Gasteiger partial charge in [0.15, 0.2) is 5.78 Å². The monoisotopic (exact) mass is 246 g/mol. The van der Waals surface area contributed by atoms with E-state index in [0.29, 0.717) is 0 Å². The van der Waals surface area contributed by atoms with Gasteiger partial charge in [-0.25, -0.2) is 4.39 Å². The highest BCUT2D eigenvalue weighted by Gasteiger charge is 2.17. The molecule has 88 valence electrons. The quantitative estimate of drug-likeness (QED) is 0.591. The number of carbonyl (C=O) groups is 1. The summed E-state index contributed by atoms with van der Waals surface area (Å²) in [7, 11) is -1.94. The van der Waals surface area contributed by atoms with Gasteiger partial charge < -0.3 is 9.05 Å². The molecule has 6 heteroatoms. The van der Waals surface area contributed by atoms with E-state index in [1.807, 2.05) is 0 Å². The van der Waals surface area contributed by atoms with Gasteiger partial charge in [0, 0.05) is 19.3 Å². The average Bonchev–Trinajstić information content (AvgIpc) is 2.26. The van der Waals surface area contributed by atoms with Gasteiger partial charge in [0.2, 0.25) is 0 Å². The van der Waals surface area contributed by atoms with E-state index in [1.54, 1.807) is 0 Å². The molecule has 0 fully saturated rings. The lowest BCUT2D eigenvalue weighted by molar-refractivity contribution is 0.0906. The Hall–Kier alpha value is -1.03. The van der Waals surface area contributed by atoms with Crippen molar-refractivity contribution < 1.29 is 22.8 Å². The van der Waals surface area contributed by atoms with E-state index in [0.717, 1.165) is 6.07 Å². The largest absolute Gasteiger partial charge is 0.327 e. The SMILES string of the molecule is COP(C)(=O)OCC(=O)c1cccc(F)c1. The van der Waals surface area contributed by atoms with Gasteiger partial charge in [-0.15, -0.1) is 0 Å². The van der Waals surface area contributed by atoms with Crippen LogP contribution in [0, 0.1) is 5.82 Å². The van der Waals surface area contributed by atoms with Gasteiger partial charge in [-0.1, -0.05) is 12.1 Å². The van der Waals surface area contributed by atoms with Crippen molar-refractivity contribution in [2.75, 3.05) is 20.4 Å². The lowest BCUT2D eigenvalue weighted by Gasteiger charge is -2.10. The maximum atomic E-state index is 12.8. The summed E-state index contributed by atoms with van der Waals surface area (Å²) in [4.78, 5) is 11.5. The van der Waals surface area contributed by atoms with Crippen LogP contribution in [0.3, 0.4) is 0 Å². The molecule has 1 atom stereocenters. The van der Waals surface area contributed by atoms with Crippen LogP contribution in [0.5, 0.6) is 0 Å². The first-order valence-corrected chi connectivity index (χ1v) is 6.50.